The normalized spacial score (nSPS) is 14.6. The summed E-state index contributed by atoms with van der Waals surface area (Å²) in [4.78, 5) is 0. The van der Waals surface area contributed by atoms with Crippen LogP contribution in [-0.2, 0) is 0 Å². The van der Waals surface area contributed by atoms with Gasteiger partial charge in [0.25, 0.3) is 0 Å². The molecule has 0 aliphatic heterocycles. The average molecular weight is 233 g/mol. The predicted molar refractivity (Wildman–Crippen MR) is 76.7 cm³/mol. The Bertz CT molecular complexity index is 343. The van der Waals surface area contributed by atoms with Crippen molar-refractivity contribution in [1.29, 1.82) is 0 Å². The third-order valence-electron chi connectivity index (χ3n) is 3.67. The molecular formula is C16H27N. The summed E-state index contributed by atoms with van der Waals surface area (Å²) in [6.45, 7) is 13.5. The number of rotatable bonds is 6. The van der Waals surface area contributed by atoms with E-state index in [2.05, 4.69) is 58.1 Å². The van der Waals surface area contributed by atoms with Gasteiger partial charge in [0.15, 0.2) is 0 Å². The zero-order chi connectivity index (χ0) is 12.8. The molecule has 0 fully saturated rings. The number of hydrogen-bond acceptors (Lipinski definition) is 1. The Labute approximate surface area is 107 Å². The van der Waals surface area contributed by atoms with Crippen molar-refractivity contribution < 1.29 is 0 Å². The Morgan fingerprint density at radius 2 is 1.88 bits per heavy atom. The third kappa shape index (κ3) is 4.16. The van der Waals surface area contributed by atoms with Crippen LogP contribution in [0, 0.1) is 19.8 Å². The minimum Gasteiger partial charge on any atom is -0.316 e. The molecule has 2 atom stereocenters. The van der Waals surface area contributed by atoms with E-state index < -0.39 is 0 Å². The zero-order valence-electron chi connectivity index (χ0n) is 12.0. The SMILES string of the molecule is CCCNCC(C)C(C)c1cc(C)ccc1C. The minimum atomic E-state index is 0.624. The number of benzene rings is 1. The molecule has 0 heterocycles. The third-order valence-corrected chi connectivity index (χ3v) is 3.67. The van der Waals surface area contributed by atoms with Crippen molar-refractivity contribution in [1.82, 2.24) is 5.32 Å². The van der Waals surface area contributed by atoms with Crippen LogP contribution in [-0.4, -0.2) is 13.1 Å². The number of aryl methyl sites for hydroxylation is 2. The van der Waals surface area contributed by atoms with Crippen LogP contribution >= 0.6 is 0 Å². The van der Waals surface area contributed by atoms with Gasteiger partial charge in [0.05, 0.1) is 0 Å². The molecule has 0 radical (unpaired) electrons. The molecule has 0 saturated carbocycles. The highest BCUT2D eigenvalue weighted by Crippen LogP contribution is 2.27. The van der Waals surface area contributed by atoms with Crippen molar-refractivity contribution in [3.63, 3.8) is 0 Å². The van der Waals surface area contributed by atoms with Crippen LogP contribution in [0.2, 0.25) is 0 Å². The summed E-state index contributed by atoms with van der Waals surface area (Å²) in [6, 6.07) is 6.79. The van der Waals surface area contributed by atoms with E-state index in [1.54, 1.807) is 0 Å². The first-order valence-electron chi connectivity index (χ1n) is 6.84. The first-order valence-corrected chi connectivity index (χ1v) is 6.84. The molecule has 0 spiro atoms. The molecule has 0 aromatic heterocycles. The van der Waals surface area contributed by atoms with Gasteiger partial charge < -0.3 is 5.32 Å². The highest BCUT2D eigenvalue weighted by atomic mass is 14.8. The molecule has 1 nitrogen and oxygen atoms in total. The zero-order valence-corrected chi connectivity index (χ0v) is 12.0. The number of nitrogens with one attached hydrogen (secondary N) is 1. The van der Waals surface area contributed by atoms with Crippen LogP contribution in [0.25, 0.3) is 0 Å². The maximum atomic E-state index is 3.52. The van der Waals surface area contributed by atoms with Gasteiger partial charge in [-0.1, -0.05) is 44.5 Å². The monoisotopic (exact) mass is 233 g/mol. The van der Waals surface area contributed by atoms with Gasteiger partial charge in [-0.15, -0.1) is 0 Å². The Balaban J connectivity index is 2.67. The van der Waals surface area contributed by atoms with Crippen LogP contribution in [0.15, 0.2) is 18.2 Å². The second-order valence-electron chi connectivity index (χ2n) is 5.33. The van der Waals surface area contributed by atoms with Crippen LogP contribution in [0.4, 0.5) is 0 Å². The van der Waals surface area contributed by atoms with E-state index in [0.717, 1.165) is 13.1 Å². The fourth-order valence-electron chi connectivity index (χ4n) is 2.24. The van der Waals surface area contributed by atoms with Gasteiger partial charge in [0.1, 0.15) is 0 Å². The van der Waals surface area contributed by atoms with Crippen molar-refractivity contribution in [2.45, 2.75) is 47.0 Å². The fraction of sp³-hybridized carbons (Fsp3) is 0.625. The van der Waals surface area contributed by atoms with Gasteiger partial charge in [-0.2, -0.15) is 0 Å². The molecule has 96 valence electrons. The van der Waals surface area contributed by atoms with Crippen molar-refractivity contribution in [3.8, 4) is 0 Å². The lowest BCUT2D eigenvalue weighted by Crippen LogP contribution is -2.25. The molecule has 1 aromatic carbocycles. The van der Waals surface area contributed by atoms with Crippen molar-refractivity contribution in [2.24, 2.45) is 5.92 Å². The first kappa shape index (κ1) is 14.2. The Hall–Kier alpha value is -0.820. The van der Waals surface area contributed by atoms with E-state index in [9.17, 15) is 0 Å². The van der Waals surface area contributed by atoms with Gasteiger partial charge in [-0.05, 0) is 56.3 Å². The molecule has 1 N–H and O–H groups in total. The van der Waals surface area contributed by atoms with E-state index in [4.69, 9.17) is 0 Å². The molecule has 2 unspecified atom stereocenters. The van der Waals surface area contributed by atoms with E-state index in [-0.39, 0.29) is 0 Å². The van der Waals surface area contributed by atoms with Gasteiger partial charge in [-0.3, -0.25) is 0 Å². The molecule has 1 rings (SSSR count). The molecule has 0 amide bonds. The lowest BCUT2D eigenvalue weighted by molar-refractivity contribution is 0.447. The highest BCUT2D eigenvalue weighted by Gasteiger charge is 2.15. The Morgan fingerprint density at radius 1 is 1.18 bits per heavy atom. The quantitative estimate of drug-likeness (QED) is 0.731. The standard InChI is InChI=1S/C16H27N/c1-6-9-17-11-14(4)15(5)16-10-12(2)7-8-13(16)3/h7-8,10,14-15,17H,6,9,11H2,1-5H3. The summed E-state index contributed by atoms with van der Waals surface area (Å²) in [5.41, 5.74) is 4.30. The maximum Gasteiger partial charge on any atom is -0.00174 e. The lowest BCUT2D eigenvalue weighted by Gasteiger charge is -2.23. The molecule has 17 heavy (non-hydrogen) atoms. The Kier molecular flexibility index (Phi) is 5.70. The van der Waals surface area contributed by atoms with Gasteiger partial charge in [-0.25, -0.2) is 0 Å². The van der Waals surface area contributed by atoms with Crippen molar-refractivity contribution in [3.05, 3.63) is 34.9 Å². The summed E-state index contributed by atoms with van der Waals surface area (Å²) >= 11 is 0. The van der Waals surface area contributed by atoms with E-state index in [1.165, 1.54) is 23.1 Å². The highest BCUT2D eigenvalue weighted by molar-refractivity contribution is 5.33. The average Bonchev–Trinajstić information content (AvgIpc) is 2.31. The van der Waals surface area contributed by atoms with E-state index >= 15 is 0 Å². The van der Waals surface area contributed by atoms with Crippen molar-refractivity contribution >= 4 is 0 Å². The van der Waals surface area contributed by atoms with Gasteiger partial charge >= 0.3 is 0 Å². The molecular weight excluding hydrogens is 206 g/mol. The van der Waals surface area contributed by atoms with Crippen LogP contribution in [0.5, 0.6) is 0 Å². The topological polar surface area (TPSA) is 12.0 Å². The lowest BCUT2D eigenvalue weighted by atomic mass is 9.85. The largest absolute Gasteiger partial charge is 0.316 e. The summed E-state index contributed by atoms with van der Waals surface area (Å²) in [5.74, 6) is 1.31. The van der Waals surface area contributed by atoms with Crippen LogP contribution < -0.4 is 5.32 Å². The van der Waals surface area contributed by atoms with Crippen LogP contribution in [0.1, 0.15) is 49.8 Å². The molecule has 0 aliphatic rings. The molecule has 0 saturated heterocycles. The molecule has 1 heteroatoms. The summed E-state index contributed by atoms with van der Waals surface area (Å²) in [6.07, 6.45) is 1.21. The Morgan fingerprint density at radius 3 is 2.53 bits per heavy atom. The summed E-state index contributed by atoms with van der Waals surface area (Å²) in [5, 5.41) is 3.52. The maximum absolute atomic E-state index is 3.52. The van der Waals surface area contributed by atoms with Crippen LogP contribution in [0.3, 0.4) is 0 Å². The van der Waals surface area contributed by atoms with E-state index in [0.29, 0.717) is 11.8 Å². The minimum absolute atomic E-state index is 0.624. The fourth-order valence-corrected chi connectivity index (χ4v) is 2.24. The summed E-state index contributed by atoms with van der Waals surface area (Å²) < 4.78 is 0. The number of hydrogen-bond donors (Lipinski definition) is 1. The smallest absolute Gasteiger partial charge is 0.00174 e. The van der Waals surface area contributed by atoms with Gasteiger partial charge in [0, 0.05) is 0 Å². The van der Waals surface area contributed by atoms with Gasteiger partial charge in [0.2, 0.25) is 0 Å². The second kappa shape index (κ2) is 6.80. The molecule has 0 bridgehead atoms. The first-order chi connectivity index (χ1) is 8.06. The summed E-state index contributed by atoms with van der Waals surface area (Å²) in [7, 11) is 0. The predicted octanol–water partition coefficient (Wildman–Crippen LogP) is 4.04. The second-order valence-corrected chi connectivity index (χ2v) is 5.33. The van der Waals surface area contributed by atoms with E-state index in [1.807, 2.05) is 0 Å². The van der Waals surface area contributed by atoms with Crippen molar-refractivity contribution in [2.75, 3.05) is 13.1 Å². The molecule has 1 aromatic rings. The molecule has 0 aliphatic carbocycles.